The Hall–Kier alpha value is -2.02. The number of aliphatic hydroxyl groups is 1. The molecule has 0 radical (unpaired) electrons. The molecule has 0 aromatic rings. The van der Waals surface area contributed by atoms with Crippen LogP contribution in [0, 0.1) is 0 Å². The van der Waals surface area contributed by atoms with Crippen LogP contribution in [0.5, 0.6) is 0 Å². The maximum Gasteiger partial charge on any atom is 1.00 e. The molecule has 0 aliphatic carbocycles. The molecule has 0 saturated carbocycles. The molecule has 0 fully saturated rings. The Morgan fingerprint density at radius 1 is 0.294 bits per heavy atom. The summed E-state index contributed by atoms with van der Waals surface area (Å²) in [5, 5.41) is 10.6. The Bertz CT molecular complexity index is 2140. The minimum absolute atomic E-state index is 0. The quantitative estimate of drug-likeness (QED) is 0.0149. The Morgan fingerprint density at radius 3 is 0.735 bits per heavy atom. The fourth-order valence-electron chi connectivity index (χ4n) is 10.4. The van der Waals surface area contributed by atoms with Gasteiger partial charge in [-0.15, -0.1) is 0 Å². The minimum Gasteiger partial charge on any atom is -0.756 e. The van der Waals surface area contributed by atoms with E-state index in [0.717, 1.165) is 154 Å². The van der Waals surface area contributed by atoms with Gasteiger partial charge in [-0.2, -0.15) is 0 Å². The van der Waals surface area contributed by atoms with Gasteiger partial charge in [0.2, 0.25) is 0 Å². The third-order valence-corrected chi connectivity index (χ3v) is 18.3. The monoisotopic (exact) mass is 1490 g/mol. The summed E-state index contributed by atoms with van der Waals surface area (Å²) >= 11 is 0. The second-order valence-electron chi connectivity index (χ2n) is 26.2. The van der Waals surface area contributed by atoms with E-state index in [1.54, 1.807) is 0 Å². The van der Waals surface area contributed by atoms with Crippen LogP contribution in [0.2, 0.25) is 0 Å². The predicted octanol–water partition coefficient (Wildman–Crippen LogP) is 15.5. The molecule has 102 heavy (non-hydrogen) atoms. The van der Waals surface area contributed by atoms with E-state index < -0.39 is 97.5 Å². The van der Waals surface area contributed by atoms with Crippen LogP contribution >= 0.6 is 15.6 Å². The van der Waals surface area contributed by atoms with Crippen LogP contribution in [-0.2, 0) is 65.4 Å². The van der Waals surface area contributed by atoms with E-state index in [1.807, 2.05) is 0 Å². The van der Waals surface area contributed by atoms with E-state index >= 15 is 0 Å². The molecule has 21 heteroatoms. The van der Waals surface area contributed by atoms with Gasteiger partial charge in [-0.3, -0.25) is 28.3 Å². The largest absolute Gasteiger partial charge is 1.00 e. The molecular weight excluding hydrogens is 1350 g/mol. The van der Waals surface area contributed by atoms with Crippen LogP contribution in [0.4, 0.5) is 0 Å². The van der Waals surface area contributed by atoms with E-state index in [-0.39, 0.29) is 84.8 Å². The molecule has 578 valence electrons. The summed E-state index contributed by atoms with van der Waals surface area (Å²) < 4.78 is 67.6. The number of hydrogen-bond donors (Lipinski definition) is 1. The molecule has 0 spiro atoms. The van der Waals surface area contributed by atoms with E-state index in [9.17, 15) is 43.2 Å². The summed E-state index contributed by atoms with van der Waals surface area (Å²) in [6, 6.07) is 0. The number of ether oxygens (including phenoxy) is 4. The van der Waals surface area contributed by atoms with Crippen molar-refractivity contribution in [3.05, 3.63) is 97.2 Å². The second-order valence-corrected chi connectivity index (χ2v) is 29.1. The molecule has 0 bridgehead atoms. The number of esters is 4. The van der Waals surface area contributed by atoms with Crippen molar-refractivity contribution in [3.8, 4) is 0 Å². The topological polar surface area (TPSA) is 243 Å². The molecule has 5 unspecified atom stereocenters. The van der Waals surface area contributed by atoms with Crippen LogP contribution in [0.1, 0.15) is 336 Å². The number of carbonyl (C=O) groups excluding carboxylic acids is 4. The van der Waals surface area contributed by atoms with Gasteiger partial charge in [0.1, 0.15) is 19.3 Å². The van der Waals surface area contributed by atoms with Crippen molar-refractivity contribution in [2.24, 2.45) is 0 Å². The van der Waals surface area contributed by atoms with Gasteiger partial charge in [-0.25, -0.2) is 0 Å². The average molecular weight is 1490 g/mol. The van der Waals surface area contributed by atoms with Crippen LogP contribution in [0.3, 0.4) is 0 Å². The molecule has 0 aromatic carbocycles. The molecule has 0 heterocycles. The summed E-state index contributed by atoms with van der Waals surface area (Å²) in [5.41, 5.74) is 0. The van der Waals surface area contributed by atoms with Crippen molar-refractivity contribution in [2.75, 3.05) is 39.6 Å². The average Bonchev–Trinajstić information content (AvgIpc) is 0.927. The van der Waals surface area contributed by atoms with E-state index in [4.69, 9.17) is 37.0 Å². The van der Waals surface area contributed by atoms with Crippen molar-refractivity contribution in [2.45, 2.75) is 354 Å². The number of allylic oxidation sites excluding steroid dienone is 16. The minimum atomic E-state index is -5.25. The van der Waals surface area contributed by atoms with Gasteiger partial charge in [0, 0.05) is 25.7 Å². The molecule has 0 saturated heterocycles. The summed E-state index contributed by atoms with van der Waals surface area (Å²) in [5.74, 6) is -2.34. The van der Waals surface area contributed by atoms with Gasteiger partial charge in [0.15, 0.2) is 12.2 Å². The molecule has 0 amide bonds. The molecule has 17 nitrogen and oxygen atoms in total. The summed E-state index contributed by atoms with van der Waals surface area (Å²) in [6.45, 7) is 4.34. The Balaban J connectivity index is -0.0000490. The Kier molecular flexibility index (Phi) is 81.7. The smallest absolute Gasteiger partial charge is 0.756 e. The molecule has 0 aliphatic heterocycles. The van der Waals surface area contributed by atoms with Crippen molar-refractivity contribution < 1.29 is 139 Å². The van der Waals surface area contributed by atoms with Crippen molar-refractivity contribution in [1.29, 1.82) is 0 Å². The summed E-state index contributed by atoms with van der Waals surface area (Å²) in [4.78, 5) is 77.6. The number of hydrogen-bond acceptors (Lipinski definition) is 17. The van der Waals surface area contributed by atoms with Crippen molar-refractivity contribution in [3.63, 3.8) is 0 Å². The van der Waals surface area contributed by atoms with Crippen LogP contribution in [-0.4, -0.2) is 86.9 Å². The first-order chi connectivity index (χ1) is 48.7. The molecule has 0 aliphatic rings. The van der Waals surface area contributed by atoms with Gasteiger partial charge in [0.25, 0.3) is 15.6 Å². The predicted molar refractivity (Wildman–Crippen MR) is 404 cm³/mol. The Morgan fingerprint density at radius 2 is 0.500 bits per heavy atom. The third-order valence-electron chi connectivity index (χ3n) is 16.5. The van der Waals surface area contributed by atoms with Gasteiger partial charge in [0.05, 0.1) is 26.4 Å². The van der Waals surface area contributed by atoms with E-state index in [0.29, 0.717) is 25.7 Å². The zero-order valence-corrected chi connectivity index (χ0v) is 70.8. The molecule has 0 rings (SSSR count). The van der Waals surface area contributed by atoms with E-state index in [1.165, 1.54) is 103 Å². The van der Waals surface area contributed by atoms with Gasteiger partial charge < -0.3 is 51.9 Å². The van der Waals surface area contributed by atoms with Gasteiger partial charge in [-0.1, -0.05) is 253 Å². The molecule has 1 N–H and O–H groups in total. The third kappa shape index (κ3) is 79.0. The zero-order valence-electron chi connectivity index (χ0n) is 65.0. The second kappa shape index (κ2) is 80.0. The number of phosphoric acid groups is 2. The number of unbranched alkanes of at least 4 members (excludes halogenated alkanes) is 32. The number of carbonyl (C=O) groups is 4. The fourth-order valence-corrected chi connectivity index (χ4v) is 11.9. The summed E-state index contributed by atoms with van der Waals surface area (Å²) in [7, 11) is -10.5. The molecular formula is C81H140Na2O17P2. The first-order valence-electron chi connectivity index (χ1n) is 39.4. The van der Waals surface area contributed by atoms with Gasteiger partial charge >= 0.3 is 83.0 Å². The molecule has 5 atom stereocenters. The van der Waals surface area contributed by atoms with Crippen LogP contribution < -0.4 is 68.9 Å². The number of rotatable bonds is 74. The standard InChI is InChI=1S/C81H142O17P2.2Na/c1-5-9-13-17-21-25-29-33-37-41-45-49-53-57-61-65-78(83)91-71-76(97-80(85)67-63-59-55-51-47-43-39-35-31-27-23-19-15-11-7-3)73-95-99(87,88)93-69-75(82)70-94-100(89,90)96-74-77(98-81(86)68-64-60-56-52-48-44-40-36-32-28-24-20-16-12-8-4)72-92-79(84)66-62-58-54-50-46-42-38-34-30-26-22-18-14-10-6-2;;/h25-32,37-44,75-77,82H,5-24,33-36,45-74H2,1-4H3,(H,87,88)(H,89,90);;/q;2*+1/p-2/b29-25-,30-26+,31-27+,32-28-,41-37-,42-38-,43-39-,44-40-;;. The first-order valence-corrected chi connectivity index (χ1v) is 42.4. The van der Waals surface area contributed by atoms with Crippen molar-refractivity contribution >= 4 is 39.5 Å². The first kappa shape index (κ1) is 104. The summed E-state index contributed by atoms with van der Waals surface area (Å²) in [6.07, 6.45) is 76.0. The maximum atomic E-state index is 13.0. The number of aliphatic hydroxyl groups excluding tert-OH is 1. The van der Waals surface area contributed by atoms with Crippen molar-refractivity contribution in [1.82, 2.24) is 0 Å². The van der Waals surface area contributed by atoms with Crippen LogP contribution in [0.15, 0.2) is 97.2 Å². The fraction of sp³-hybridized carbons (Fsp3) is 0.753. The Labute approximate surface area is 664 Å². The zero-order chi connectivity index (χ0) is 73.2. The number of phosphoric ester groups is 2. The van der Waals surface area contributed by atoms with Crippen LogP contribution in [0.25, 0.3) is 0 Å². The van der Waals surface area contributed by atoms with Gasteiger partial charge in [-0.05, 0) is 154 Å². The normalized spacial score (nSPS) is 14.1. The van der Waals surface area contributed by atoms with E-state index in [2.05, 4.69) is 125 Å². The molecule has 0 aromatic heterocycles. The maximum absolute atomic E-state index is 13.0. The SMILES string of the molecule is CCCCCC/C=C\C/C=C\CCCCCCC(=O)OCC(COP(=O)([O-])OCC(O)COP(=O)([O-])OCC(COC(=O)CCCCCC/C=C\C/C=C/CCCCCC)OC(=O)CCCCCC/C=C\C/C=C\CCCCCC)OC(=O)CCCCCC/C=C\C/C=C/CCCCCC.[Na+].[Na+].